The summed E-state index contributed by atoms with van der Waals surface area (Å²) in [6.45, 7) is 6.05. The summed E-state index contributed by atoms with van der Waals surface area (Å²) in [6.07, 6.45) is -2.51. The topological polar surface area (TPSA) is 110 Å². The van der Waals surface area contributed by atoms with Gasteiger partial charge in [0.05, 0.1) is 0 Å². The summed E-state index contributed by atoms with van der Waals surface area (Å²) in [5.41, 5.74) is 4.58. The van der Waals surface area contributed by atoms with Crippen LogP contribution >= 0.6 is 11.8 Å². The van der Waals surface area contributed by atoms with Gasteiger partial charge in [0.25, 0.3) is 6.47 Å². The van der Waals surface area contributed by atoms with E-state index in [1.165, 1.54) is 17.2 Å². The van der Waals surface area contributed by atoms with E-state index in [-0.39, 0.29) is 12.2 Å². The van der Waals surface area contributed by atoms with Crippen molar-refractivity contribution in [2.75, 3.05) is 25.4 Å². The van der Waals surface area contributed by atoms with Gasteiger partial charge < -0.3 is 19.1 Å². The normalized spacial score (nSPS) is 13.8. The van der Waals surface area contributed by atoms with E-state index in [0.29, 0.717) is 11.4 Å². The Kier molecular flexibility index (Phi) is 9.25. The number of nitrogens with zero attached hydrogens (tertiary/aromatic N) is 6. The Bertz CT molecular complexity index is 1470. The summed E-state index contributed by atoms with van der Waals surface area (Å²) in [5.74, 6) is 2.13. The number of hydrogen-bond donors (Lipinski definition) is 1. The molecule has 0 bridgehead atoms. The highest BCUT2D eigenvalue weighted by molar-refractivity contribution is 7.99. The lowest BCUT2D eigenvalue weighted by atomic mass is 9.99. The number of hydrogen-bond acceptors (Lipinski definition) is 8. The fraction of sp³-hybridized carbons (Fsp3) is 0.370. The molecule has 4 aromatic rings. The average Bonchev–Trinajstić information content (AvgIpc) is 3.44. The third kappa shape index (κ3) is 6.89. The number of carbonyl (C=O) groups is 1. The van der Waals surface area contributed by atoms with Crippen LogP contribution in [0.15, 0.2) is 46.1 Å². The molecule has 0 aliphatic carbocycles. The summed E-state index contributed by atoms with van der Waals surface area (Å²) in [7, 11) is 1.82. The molecular weight excluding hydrogens is 545 g/mol. The molecule has 0 unspecified atom stereocenters. The van der Waals surface area contributed by atoms with E-state index < -0.39 is 11.9 Å². The Labute approximate surface area is 233 Å². The molecule has 1 N–H and O–H groups in total. The molecule has 212 valence electrons. The molecule has 9 nitrogen and oxygen atoms in total. The van der Waals surface area contributed by atoms with Crippen molar-refractivity contribution in [3.05, 3.63) is 64.7 Å². The van der Waals surface area contributed by atoms with Gasteiger partial charge in [0.2, 0.25) is 0 Å². The van der Waals surface area contributed by atoms with Crippen LogP contribution in [0.25, 0.3) is 22.6 Å². The Balaban J connectivity index is 0.00000118. The van der Waals surface area contributed by atoms with E-state index in [1.807, 2.05) is 24.6 Å². The first-order valence-corrected chi connectivity index (χ1v) is 13.5. The average molecular weight is 575 g/mol. The number of fused-ring (bicyclic) bond motifs is 1. The summed E-state index contributed by atoms with van der Waals surface area (Å²) in [5, 5.41) is 20.2. The number of pyridine rings is 1. The SMILES string of the molecule is Cc1cc(-c2ccc3c(c2)CCN(CCSc2nnc(-c4ccc(C(F)(F)F)nc4C)n2C)CC3)no1.O=CO. The molecule has 0 atom stereocenters. The van der Waals surface area contributed by atoms with Crippen molar-refractivity contribution in [2.45, 2.75) is 38.0 Å². The highest BCUT2D eigenvalue weighted by Crippen LogP contribution is 2.31. The summed E-state index contributed by atoms with van der Waals surface area (Å²) >= 11 is 1.59. The maximum atomic E-state index is 13.0. The van der Waals surface area contributed by atoms with Crippen LogP contribution in [0.5, 0.6) is 0 Å². The lowest BCUT2D eigenvalue weighted by Crippen LogP contribution is -2.28. The maximum Gasteiger partial charge on any atom is 0.433 e. The molecule has 1 aliphatic rings. The van der Waals surface area contributed by atoms with E-state index in [0.717, 1.165) is 66.5 Å². The second-order valence-electron chi connectivity index (χ2n) is 9.29. The van der Waals surface area contributed by atoms with E-state index in [2.05, 4.69) is 43.4 Å². The zero-order valence-electron chi connectivity index (χ0n) is 22.3. The largest absolute Gasteiger partial charge is 0.483 e. The van der Waals surface area contributed by atoms with Crippen LogP contribution in [0.2, 0.25) is 0 Å². The Morgan fingerprint density at radius 3 is 2.45 bits per heavy atom. The molecule has 0 spiro atoms. The number of aromatic nitrogens is 5. The first kappa shape index (κ1) is 29.3. The van der Waals surface area contributed by atoms with E-state index in [1.54, 1.807) is 18.7 Å². The number of alkyl halides is 3. The van der Waals surface area contributed by atoms with Gasteiger partial charge in [0, 0.05) is 55.3 Å². The van der Waals surface area contributed by atoms with Crippen molar-refractivity contribution in [1.29, 1.82) is 0 Å². The summed E-state index contributed by atoms with van der Waals surface area (Å²) in [4.78, 5) is 14.5. The van der Waals surface area contributed by atoms with Crippen molar-refractivity contribution in [1.82, 2.24) is 29.8 Å². The molecule has 40 heavy (non-hydrogen) atoms. The Morgan fingerprint density at radius 1 is 1.07 bits per heavy atom. The standard InChI is InChI=1S/C26H27F3N6OS.CH2O2/c1-16-14-22(33-36-16)20-5-4-18-8-10-35(11-9-19(18)15-20)12-13-37-25-32-31-24(34(25)3)21-6-7-23(26(27,28)29)30-17(21)2;2-1-3/h4-7,14-15H,8-13H2,1-3H3;1H,(H,2,3). The zero-order valence-corrected chi connectivity index (χ0v) is 23.1. The van der Waals surface area contributed by atoms with E-state index in [4.69, 9.17) is 14.4 Å². The predicted octanol–water partition coefficient (Wildman–Crippen LogP) is 5.06. The molecule has 0 fully saturated rings. The maximum absolute atomic E-state index is 13.0. The minimum Gasteiger partial charge on any atom is -0.483 e. The van der Waals surface area contributed by atoms with Gasteiger partial charge >= 0.3 is 6.18 Å². The molecule has 1 aliphatic heterocycles. The van der Waals surface area contributed by atoms with Crippen LogP contribution in [0.4, 0.5) is 13.2 Å². The quantitative estimate of drug-likeness (QED) is 0.250. The second-order valence-corrected chi connectivity index (χ2v) is 10.4. The molecule has 1 aromatic carbocycles. The van der Waals surface area contributed by atoms with Crippen molar-refractivity contribution in [3.63, 3.8) is 0 Å². The lowest BCUT2D eigenvalue weighted by molar-refractivity contribution is -0.141. The fourth-order valence-corrected chi connectivity index (χ4v) is 5.46. The minimum absolute atomic E-state index is 0.250. The van der Waals surface area contributed by atoms with Crippen LogP contribution in [0.3, 0.4) is 0 Å². The first-order chi connectivity index (χ1) is 19.1. The molecule has 0 saturated carbocycles. The predicted molar refractivity (Wildman–Crippen MR) is 144 cm³/mol. The monoisotopic (exact) mass is 574 g/mol. The van der Waals surface area contributed by atoms with Crippen molar-refractivity contribution in [2.24, 2.45) is 7.05 Å². The molecular formula is C27H29F3N6O3S. The minimum atomic E-state index is -4.47. The van der Waals surface area contributed by atoms with Gasteiger partial charge in [-0.3, -0.25) is 4.79 Å². The molecule has 4 heterocycles. The number of carboxylic acid groups (broad SMARTS) is 1. The molecule has 0 amide bonds. The zero-order chi connectivity index (χ0) is 28.9. The van der Waals surface area contributed by atoms with Crippen LogP contribution in [0.1, 0.15) is 28.3 Å². The van der Waals surface area contributed by atoms with Gasteiger partial charge in [-0.25, -0.2) is 4.98 Å². The highest BCUT2D eigenvalue weighted by Gasteiger charge is 2.33. The number of thioether (sulfide) groups is 1. The van der Waals surface area contributed by atoms with Gasteiger partial charge in [0.15, 0.2) is 11.0 Å². The van der Waals surface area contributed by atoms with Gasteiger partial charge in [0.1, 0.15) is 17.1 Å². The smallest absolute Gasteiger partial charge is 0.433 e. The van der Waals surface area contributed by atoms with E-state index >= 15 is 0 Å². The third-order valence-corrected chi connectivity index (χ3v) is 7.62. The van der Waals surface area contributed by atoms with Crippen LogP contribution in [-0.4, -0.2) is 66.8 Å². The summed E-state index contributed by atoms with van der Waals surface area (Å²) in [6, 6.07) is 10.9. The molecule has 13 heteroatoms. The lowest BCUT2D eigenvalue weighted by Gasteiger charge is -2.19. The highest BCUT2D eigenvalue weighted by atomic mass is 32.2. The Hall–Kier alpha value is -3.71. The van der Waals surface area contributed by atoms with Crippen molar-refractivity contribution in [3.8, 4) is 22.6 Å². The van der Waals surface area contributed by atoms with Gasteiger partial charge in [-0.1, -0.05) is 29.1 Å². The molecule has 5 rings (SSSR count). The first-order valence-electron chi connectivity index (χ1n) is 12.5. The van der Waals surface area contributed by atoms with Crippen LogP contribution in [0, 0.1) is 13.8 Å². The molecule has 0 saturated heterocycles. The van der Waals surface area contributed by atoms with Gasteiger partial charge in [-0.05, 0) is 56.0 Å². The molecule has 0 radical (unpaired) electrons. The van der Waals surface area contributed by atoms with Crippen LogP contribution in [-0.2, 0) is 30.9 Å². The number of rotatable bonds is 6. The fourth-order valence-electron chi connectivity index (χ4n) is 4.55. The Morgan fingerprint density at radius 2 is 1.80 bits per heavy atom. The molecule has 3 aromatic heterocycles. The number of aryl methyl sites for hydroxylation is 2. The van der Waals surface area contributed by atoms with Gasteiger partial charge in [-0.2, -0.15) is 13.2 Å². The van der Waals surface area contributed by atoms with E-state index in [9.17, 15) is 13.2 Å². The van der Waals surface area contributed by atoms with Crippen molar-refractivity contribution < 1.29 is 27.6 Å². The number of halogens is 3. The number of benzene rings is 1. The summed E-state index contributed by atoms with van der Waals surface area (Å²) < 4.78 is 45.9. The third-order valence-electron chi connectivity index (χ3n) is 6.62. The van der Waals surface area contributed by atoms with Crippen molar-refractivity contribution >= 4 is 18.2 Å². The second kappa shape index (κ2) is 12.6. The van der Waals surface area contributed by atoms with Gasteiger partial charge in [-0.15, -0.1) is 10.2 Å². The van der Waals surface area contributed by atoms with Crippen LogP contribution < -0.4 is 0 Å².